The maximum Gasteiger partial charge on any atom is 0.320 e. The highest BCUT2D eigenvalue weighted by molar-refractivity contribution is 5.71. The van der Waals surface area contributed by atoms with Gasteiger partial charge in [-0.1, -0.05) is 0 Å². The summed E-state index contributed by atoms with van der Waals surface area (Å²) in [5.41, 5.74) is 0. The molecule has 0 aromatic carbocycles. The molecule has 15 heavy (non-hydrogen) atoms. The highest BCUT2D eigenvalue weighted by Crippen LogP contribution is 2.27. The van der Waals surface area contributed by atoms with E-state index in [4.69, 9.17) is 9.84 Å². The van der Waals surface area contributed by atoms with Crippen LogP contribution in [0.1, 0.15) is 26.7 Å². The second-order valence-corrected chi connectivity index (χ2v) is 4.73. The van der Waals surface area contributed by atoms with Crippen LogP contribution >= 0.6 is 0 Å². The Bertz CT molecular complexity index is 212. The van der Waals surface area contributed by atoms with E-state index in [0.29, 0.717) is 12.5 Å². The van der Waals surface area contributed by atoms with E-state index in [1.54, 1.807) is 0 Å². The van der Waals surface area contributed by atoms with Crippen molar-refractivity contribution in [2.45, 2.75) is 38.9 Å². The molecule has 0 aliphatic heterocycles. The third-order valence-electron chi connectivity index (χ3n) is 2.55. The minimum Gasteiger partial charge on any atom is -0.462 e. The van der Waals surface area contributed by atoms with Crippen molar-refractivity contribution in [3.63, 3.8) is 0 Å². The first-order chi connectivity index (χ1) is 6.97. The molecule has 1 aliphatic rings. The van der Waals surface area contributed by atoms with Crippen LogP contribution in [0, 0.1) is 5.92 Å². The Labute approximate surface area is 91.2 Å². The minimum absolute atomic E-state index is 0.0450. The van der Waals surface area contributed by atoms with E-state index >= 15 is 0 Å². The maximum atomic E-state index is 11.3. The molecule has 0 atom stereocenters. The van der Waals surface area contributed by atoms with Crippen LogP contribution in [-0.2, 0) is 9.53 Å². The molecule has 0 radical (unpaired) electrons. The minimum atomic E-state index is -0.174. The number of carbonyl (C=O) groups excluding carboxylic acids is 1. The van der Waals surface area contributed by atoms with Crippen LogP contribution in [-0.4, -0.2) is 48.3 Å². The SMILES string of the molecule is CC(C)OC(=O)CN(C)CC1CC(O)C1. The molecule has 0 aromatic rings. The number of rotatable bonds is 5. The largest absolute Gasteiger partial charge is 0.462 e. The van der Waals surface area contributed by atoms with Gasteiger partial charge in [-0.3, -0.25) is 9.69 Å². The van der Waals surface area contributed by atoms with Gasteiger partial charge >= 0.3 is 5.97 Å². The molecule has 0 unspecified atom stereocenters. The monoisotopic (exact) mass is 215 g/mol. The molecular formula is C11H21NO3. The predicted molar refractivity (Wildman–Crippen MR) is 57.5 cm³/mol. The van der Waals surface area contributed by atoms with Crippen LogP contribution in [0.15, 0.2) is 0 Å². The standard InChI is InChI=1S/C11H21NO3/c1-8(2)15-11(14)7-12(3)6-9-4-10(13)5-9/h8-10,13H,4-7H2,1-3H3. The fourth-order valence-corrected chi connectivity index (χ4v) is 1.88. The number of ether oxygens (including phenoxy) is 1. The number of aliphatic hydroxyl groups excluding tert-OH is 1. The van der Waals surface area contributed by atoms with Gasteiger partial charge < -0.3 is 9.84 Å². The Hall–Kier alpha value is -0.610. The van der Waals surface area contributed by atoms with Gasteiger partial charge in [-0.2, -0.15) is 0 Å². The first kappa shape index (κ1) is 12.5. The van der Waals surface area contributed by atoms with Crippen molar-refractivity contribution >= 4 is 5.97 Å². The van der Waals surface area contributed by atoms with Gasteiger partial charge in [0.25, 0.3) is 0 Å². The Morgan fingerprint density at radius 2 is 2.13 bits per heavy atom. The quantitative estimate of drug-likeness (QED) is 0.684. The first-order valence-electron chi connectivity index (χ1n) is 5.53. The zero-order valence-corrected chi connectivity index (χ0v) is 9.77. The molecule has 0 bridgehead atoms. The lowest BCUT2D eigenvalue weighted by atomic mass is 9.82. The highest BCUT2D eigenvalue weighted by atomic mass is 16.5. The van der Waals surface area contributed by atoms with Gasteiger partial charge in [-0.15, -0.1) is 0 Å². The van der Waals surface area contributed by atoms with Crippen molar-refractivity contribution in [1.29, 1.82) is 0 Å². The Kier molecular flexibility index (Phi) is 4.54. The zero-order chi connectivity index (χ0) is 11.4. The molecule has 1 saturated carbocycles. The lowest BCUT2D eigenvalue weighted by Crippen LogP contribution is -2.39. The summed E-state index contributed by atoms with van der Waals surface area (Å²) in [5.74, 6) is 0.365. The second kappa shape index (κ2) is 5.47. The molecule has 0 amide bonds. The molecule has 0 saturated heterocycles. The highest BCUT2D eigenvalue weighted by Gasteiger charge is 2.28. The van der Waals surface area contributed by atoms with Crippen molar-refractivity contribution in [1.82, 2.24) is 4.90 Å². The van der Waals surface area contributed by atoms with Gasteiger partial charge in [-0.05, 0) is 39.7 Å². The number of carbonyl (C=O) groups is 1. The predicted octanol–water partition coefficient (Wildman–Crippen LogP) is 0.641. The fourth-order valence-electron chi connectivity index (χ4n) is 1.88. The number of esters is 1. The van der Waals surface area contributed by atoms with Gasteiger partial charge in [0.05, 0.1) is 18.8 Å². The molecule has 1 aliphatic carbocycles. The fraction of sp³-hybridized carbons (Fsp3) is 0.909. The summed E-state index contributed by atoms with van der Waals surface area (Å²) < 4.78 is 5.05. The molecule has 0 heterocycles. The van der Waals surface area contributed by atoms with Gasteiger partial charge in [0.2, 0.25) is 0 Å². The smallest absolute Gasteiger partial charge is 0.320 e. The van der Waals surface area contributed by atoms with Crippen molar-refractivity contribution in [2.75, 3.05) is 20.1 Å². The van der Waals surface area contributed by atoms with Crippen molar-refractivity contribution in [3.05, 3.63) is 0 Å². The molecule has 1 rings (SSSR count). The number of aliphatic hydroxyl groups is 1. The van der Waals surface area contributed by atoms with Gasteiger partial charge in [0.15, 0.2) is 0 Å². The molecular weight excluding hydrogens is 194 g/mol. The zero-order valence-electron chi connectivity index (χ0n) is 9.77. The Morgan fingerprint density at radius 3 is 2.60 bits per heavy atom. The van der Waals surface area contributed by atoms with E-state index in [-0.39, 0.29) is 18.2 Å². The normalized spacial score (nSPS) is 25.5. The number of nitrogens with zero attached hydrogens (tertiary/aromatic N) is 1. The van der Waals surface area contributed by atoms with Gasteiger partial charge in [0.1, 0.15) is 0 Å². The van der Waals surface area contributed by atoms with E-state index in [0.717, 1.165) is 19.4 Å². The number of hydrogen-bond donors (Lipinski definition) is 1. The lowest BCUT2D eigenvalue weighted by molar-refractivity contribution is -0.148. The number of likely N-dealkylation sites (N-methyl/N-ethyl adjacent to an activating group) is 1. The Balaban J connectivity index is 2.12. The topological polar surface area (TPSA) is 49.8 Å². The van der Waals surface area contributed by atoms with Crippen LogP contribution in [0.4, 0.5) is 0 Å². The average molecular weight is 215 g/mol. The van der Waals surface area contributed by atoms with Gasteiger partial charge in [-0.25, -0.2) is 0 Å². The van der Waals surface area contributed by atoms with Crippen LogP contribution in [0.5, 0.6) is 0 Å². The maximum absolute atomic E-state index is 11.3. The van der Waals surface area contributed by atoms with Crippen LogP contribution < -0.4 is 0 Å². The van der Waals surface area contributed by atoms with E-state index in [2.05, 4.69) is 0 Å². The lowest BCUT2D eigenvalue weighted by Gasteiger charge is -2.34. The molecule has 88 valence electrons. The third kappa shape index (κ3) is 4.62. The van der Waals surface area contributed by atoms with E-state index < -0.39 is 0 Å². The summed E-state index contributed by atoms with van der Waals surface area (Å²) >= 11 is 0. The molecule has 1 N–H and O–H groups in total. The van der Waals surface area contributed by atoms with Crippen molar-refractivity contribution in [3.8, 4) is 0 Å². The van der Waals surface area contributed by atoms with Gasteiger partial charge in [0, 0.05) is 6.54 Å². The average Bonchev–Trinajstić information content (AvgIpc) is 1.98. The third-order valence-corrected chi connectivity index (χ3v) is 2.55. The van der Waals surface area contributed by atoms with Crippen LogP contribution in [0.2, 0.25) is 0 Å². The van der Waals surface area contributed by atoms with Crippen LogP contribution in [0.25, 0.3) is 0 Å². The molecule has 1 fully saturated rings. The van der Waals surface area contributed by atoms with Crippen LogP contribution in [0.3, 0.4) is 0 Å². The van der Waals surface area contributed by atoms with E-state index in [1.165, 1.54) is 0 Å². The molecule has 4 heteroatoms. The summed E-state index contributed by atoms with van der Waals surface area (Å²) in [6.45, 7) is 4.90. The number of hydrogen-bond acceptors (Lipinski definition) is 4. The summed E-state index contributed by atoms with van der Waals surface area (Å²) in [7, 11) is 1.91. The molecule has 0 spiro atoms. The molecule has 4 nitrogen and oxygen atoms in total. The van der Waals surface area contributed by atoms with E-state index in [9.17, 15) is 4.79 Å². The van der Waals surface area contributed by atoms with E-state index in [1.807, 2.05) is 25.8 Å². The first-order valence-corrected chi connectivity index (χ1v) is 5.53. The summed E-state index contributed by atoms with van der Waals surface area (Å²) in [5, 5.41) is 9.12. The summed E-state index contributed by atoms with van der Waals surface area (Å²) in [6, 6.07) is 0. The van der Waals surface area contributed by atoms with Crippen molar-refractivity contribution < 1.29 is 14.6 Å². The summed E-state index contributed by atoms with van der Waals surface area (Å²) in [6.07, 6.45) is 1.56. The Morgan fingerprint density at radius 1 is 1.53 bits per heavy atom. The van der Waals surface area contributed by atoms with Crippen molar-refractivity contribution in [2.24, 2.45) is 5.92 Å². The molecule has 0 aromatic heterocycles. The second-order valence-electron chi connectivity index (χ2n) is 4.73. The summed E-state index contributed by atoms with van der Waals surface area (Å²) in [4.78, 5) is 13.3.